The first-order chi connectivity index (χ1) is 15.3. The average molecular weight is 482 g/mol. The maximum absolute atomic E-state index is 13.1. The van der Waals surface area contributed by atoms with Gasteiger partial charge in [-0.3, -0.25) is 0 Å². The summed E-state index contributed by atoms with van der Waals surface area (Å²) in [6, 6.07) is 4.87. The molecular formula is C25H34F3N3O3. The zero-order valence-corrected chi connectivity index (χ0v) is 21.2. The van der Waals surface area contributed by atoms with Crippen LogP contribution in [0.1, 0.15) is 78.1 Å². The quantitative estimate of drug-likeness (QED) is 0.493. The summed E-state index contributed by atoms with van der Waals surface area (Å²) < 4.78 is 52.6. The highest BCUT2D eigenvalue weighted by Crippen LogP contribution is 2.48. The highest BCUT2D eigenvalue weighted by molar-refractivity contribution is 5.69. The lowest BCUT2D eigenvalue weighted by Crippen LogP contribution is -2.52. The fourth-order valence-corrected chi connectivity index (χ4v) is 4.19. The van der Waals surface area contributed by atoms with E-state index in [4.69, 9.17) is 9.47 Å². The van der Waals surface area contributed by atoms with Crippen molar-refractivity contribution in [2.24, 2.45) is 5.41 Å². The third kappa shape index (κ3) is 5.24. The van der Waals surface area contributed by atoms with E-state index in [2.05, 4.69) is 5.10 Å². The minimum Gasteiger partial charge on any atom is -0.444 e. The second-order valence-corrected chi connectivity index (χ2v) is 11.4. The van der Waals surface area contributed by atoms with Crippen LogP contribution in [0.15, 0.2) is 30.6 Å². The molecular weight excluding hydrogens is 447 g/mol. The third-order valence-electron chi connectivity index (χ3n) is 5.84. The molecule has 1 amide bonds. The molecule has 2 heterocycles. The first-order valence-corrected chi connectivity index (χ1v) is 11.2. The molecule has 0 saturated heterocycles. The summed E-state index contributed by atoms with van der Waals surface area (Å²) in [7, 11) is 1.68. The molecule has 2 atom stereocenters. The van der Waals surface area contributed by atoms with Crippen molar-refractivity contribution in [2.45, 2.75) is 84.9 Å². The first-order valence-electron chi connectivity index (χ1n) is 11.2. The lowest BCUT2D eigenvalue weighted by Gasteiger charge is -2.50. The van der Waals surface area contributed by atoms with Gasteiger partial charge in [0, 0.05) is 13.2 Å². The smallest absolute Gasteiger partial charge is 0.419 e. The Morgan fingerprint density at radius 2 is 1.76 bits per heavy atom. The molecule has 1 aliphatic heterocycles. The molecule has 2 aromatic rings. The number of fused-ring (bicyclic) bond motifs is 1. The van der Waals surface area contributed by atoms with Gasteiger partial charge >= 0.3 is 12.3 Å². The monoisotopic (exact) mass is 481 g/mol. The van der Waals surface area contributed by atoms with Crippen molar-refractivity contribution in [3.8, 4) is 5.69 Å². The van der Waals surface area contributed by atoms with Crippen molar-refractivity contribution < 1.29 is 27.4 Å². The Balaban J connectivity index is 2.12. The summed E-state index contributed by atoms with van der Waals surface area (Å²) in [4.78, 5) is 14.6. The van der Waals surface area contributed by atoms with Gasteiger partial charge in [0.05, 0.1) is 35.2 Å². The highest BCUT2D eigenvalue weighted by Gasteiger charge is 2.48. The van der Waals surface area contributed by atoms with Crippen molar-refractivity contribution in [2.75, 3.05) is 7.05 Å². The van der Waals surface area contributed by atoms with Crippen molar-refractivity contribution in [3.05, 3.63) is 47.3 Å². The van der Waals surface area contributed by atoms with Gasteiger partial charge in [-0.1, -0.05) is 26.8 Å². The first kappa shape index (κ1) is 26.1. The van der Waals surface area contributed by atoms with E-state index in [-0.39, 0.29) is 11.5 Å². The van der Waals surface area contributed by atoms with Gasteiger partial charge in [-0.2, -0.15) is 18.3 Å². The number of amides is 1. The summed E-state index contributed by atoms with van der Waals surface area (Å²) >= 11 is 0. The number of benzene rings is 1. The summed E-state index contributed by atoms with van der Waals surface area (Å²) in [5.41, 5.74) is -0.464. The fraction of sp³-hybridized carbons (Fsp3) is 0.600. The molecule has 0 radical (unpaired) electrons. The Morgan fingerprint density at radius 1 is 1.15 bits per heavy atom. The molecule has 1 aromatic carbocycles. The molecule has 0 saturated carbocycles. The van der Waals surface area contributed by atoms with Gasteiger partial charge in [-0.05, 0) is 63.3 Å². The van der Waals surface area contributed by atoms with Crippen LogP contribution < -0.4 is 0 Å². The number of carbonyl (C=O) groups is 1. The molecule has 0 aliphatic carbocycles. The van der Waals surface area contributed by atoms with Crippen LogP contribution in [0.4, 0.5) is 18.0 Å². The summed E-state index contributed by atoms with van der Waals surface area (Å²) in [5, 5.41) is 3.90. The molecule has 2 unspecified atom stereocenters. The van der Waals surface area contributed by atoms with Crippen LogP contribution in [0.3, 0.4) is 0 Å². The van der Waals surface area contributed by atoms with E-state index in [1.54, 1.807) is 44.9 Å². The van der Waals surface area contributed by atoms with E-state index in [1.807, 2.05) is 40.7 Å². The number of aromatic nitrogens is 2. The SMILES string of the molecule is CN(C(=O)OC(C)(C)C)C1c2ccc(-n3cc(C(F)(F)F)cn3)cc2C(C)(C)OC1C(C)(C)C. The van der Waals surface area contributed by atoms with Gasteiger partial charge in [-0.15, -0.1) is 0 Å². The van der Waals surface area contributed by atoms with Crippen LogP contribution in [0.25, 0.3) is 5.69 Å². The largest absolute Gasteiger partial charge is 0.444 e. The molecule has 6 nitrogen and oxygen atoms in total. The van der Waals surface area contributed by atoms with Crippen LogP contribution in [-0.2, 0) is 21.3 Å². The molecule has 3 rings (SSSR count). The second-order valence-electron chi connectivity index (χ2n) is 11.4. The molecule has 1 aliphatic rings. The topological polar surface area (TPSA) is 56.6 Å². The predicted molar refractivity (Wildman–Crippen MR) is 123 cm³/mol. The summed E-state index contributed by atoms with van der Waals surface area (Å²) in [6.45, 7) is 15.4. The third-order valence-corrected chi connectivity index (χ3v) is 5.84. The number of rotatable bonds is 2. The van der Waals surface area contributed by atoms with Crippen LogP contribution in [0.2, 0.25) is 0 Å². The zero-order valence-electron chi connectivity index (χ0n) is 21.2. The molecule has 188 valence electrons. The fourth-order valence-electron chi connectivity index (χ4n) is 4.19. The summed E-state index contributed by atoms with van der Waals surface area (Å²) in [5.74, 6) is 0. The van der Waals surface area contributed by atoms with E-state index in [0.29, 0.717) is 5.69 Å². The number of carbonyl (C=O) groups excluding carboxylic acids is 1. The average Bonchev–Trinajstić information content (AvgIpc) is 3.15. The number of ether oxygens (including phenoxy) is 2. The molecule has 1 aromatic heterocycles. The van der Waals surface area contributed by atoms with Gasteiger partial charge in [0.2, 0.25) is 0 Å². The van der Waals surface area contributed by atoms with Crippen molar-refractivity contribution in [1.29, 1.82) is 0 Å². The van der Waals surface area contributed by atoms with E-state index < -0.39 is 35.1 Å². The van der Waals surface area contributed by atoms with E-state index in [0.717, 1.165) is 23.5 Å². The minimum absolute atomic E-state index is 0.321. The Kier molecular flexibility index (Phi) is 6.35. The van der Waals surface area contributed by atoms with Crippen molar-refractivity contribution >= 4 is 6.09 Å². The van der Waals surface area contributed by atoms with Gasteiger partial charge in [-0.25, -0.2) is 9.48 Å². The summed E-state index contributed by atoms with van der Waals surface area (Å²) in [6.07, 6.45) is -3.56. The second kappa shape index (κ2) is 8.29. The minimum atomic E-state index is -4.48. The number of halogens is 3. The Labute approximate surface area is 199 Å². The van der Waals surface area contributed by atoms with Crippen LogP contribution in [0.5, 0.6) is 0 Å². The molecule has 0 fully saturated rings. The Hall–Kier alpha value is -2.55. The van der Waals surface area contributed by atoms with Crippen LogP contribution in [0, 0.1) is 5.41 Å². The van der Waals surface area contributed by atoms with E-state index >= 15 is 0 Å². The van der Waals surface area contributed by atoms with Gasteiger partial charge in [0.1, 0.15) is 5.60 Å². The lowest BCUT2D eigenvalue weighted by molar-refractivity contribution is -0.161. The molecule has 0 N–H and O–H groups in total. The van der Waals surface area contributed by atoms with Gasteiger partial charge < -0.3 is 14.4 Å². The number of hydrogen-bond donors (Lipinski definition) is 0. The van der Waals surface area contributed by atoms with E-state index in [1.165, 1.54) is 4.68 Å². The number of nitrogens with zero attached hydrogens (tertiary/aromatic N) is 3. The van der Waals surface area contributed by atoms with E-state index in [9.17, 15) is 18.0 Å². The highest BCUT2D eigenvalue weighted by atomic mass is 19.4. The van der Waals surface area contributed by atoms with Gasteiger partial charge in [0.25, 0.3) is 0 Å². The number of alkyl halides is 3. The standard InChI is InChI=1S/C25H34F3N3O3/c1-22(2,3)20-19(30(9)21(32)34-23(4,5)6)17-11-10-16(12-18(17)24(7,8)33-20)31-14-15(13-29-31)25(26,27)28/h10-14,19-20H,1-9H3. The maximum Gasteiger partial charge on any atom is 0.419 e. The van der Waals surface area contributed by atoms with Gasteiger partial charge in [0.15, 0.2) is 0 Å². The van der Waals surface area contributed by atoms with Crippen molar-refractivity contribution in [1.82, 2.24) is 14.7 Å². The number of likely N-dealkylation sites (N-methyl/N-ethyl adjacent to an activating group) is 1. The van der Waals surface area contributed by atoms with Crippen molar-refractivity contribution in [3.63, 3.8) is 0 Å². The Morgan fingerprint density at radius 3 is 2.26 bits per heavy atom. The Bertz CT molecular complexity index is 1060. The van der Waals surface area contributed by atoms with Crippen LogP contribution >= 0.6 is 0 Å². The maximum atomic E-state index is 13.1. The predicted octanol–water partition coefficient (Wildman–Crippen LogP) is 6.48. The molecule has 9 heteroatoms. The number of hydrogen-bond acceptors (Lipinski definition) is 4. The normalized spacial score (nSPS) is 20.6. The molecule has 34 heavy (non-hydrogen) atoms. The lowest BCUT2D eigenvalue weighted by atomic mass is 9.75. The molecule has 0 bridgehead atoms. The van der Waals surface area contributed by atoms with Crippen LogP contribution in [-0.4, -0.2) is 39.5 Å². The zero-order chi connectivity index (χ0) is 25.9. The molecule has 0 spiro atoms.